The van der Waals surface area contributed by atoms with E-state index in [2.05, 4.69) is 5.10 Å². The second-order valence-corrected chi connectivity index (χ2v) is 8.86. The molecule has 33 heavy (non-hydrogen) atoms. The predicted molar refractivity (Wildman–Crippen MR) is 124 cm³/mol. The molecule has 0 unspecified atom stereocenters. The van der Waals surface area contributed by atoms with Crippen molar-refractivity contribution in [2.24, 2.45) is 0 Å². The fourth-order valence-corrected chi connectivity index (χ4v) is 4.60. The van der Waals surface area contributed by atoms with Crippen LogP contribution >= 0.6 is 11.3 Å². The predicted octanol–water partition coefficient (Wildman–Crippen LogP) is 2.75. The summed E-state index contributed by atoms with van der Waals surface area (Å²) in [5.41, 5.74) is 2.75. The minimum atomic E-state index is -0.552. The van der Waals surface area contributed by atoms with Gasteiger partial charge < -0.3 is 14.5 Å². The molecule has 2 amide bonds. The fraction of sp³-hybridized carbons (Fsp3) is 0.333. The number of hydrogen-bond donors (Lipinski definition) is 0. The first-order chi connectivity index (χ1) is 15.9. The maximum absolute atomic E-state index is 12.7. The van der Waals surface area contributed by atoms with E-state index in [9.17, 15) is 14.4 Å². The van der Waals surface area contributed by atoms with E-state index in [0.29, 0.717) is 54.6 Å². The molecule has 1 aromatic carbocycles. The molecular formula is C24H26N4O4S. The van der Waals surface area contributed by atoms with Crippen molar-refractivity contribution in [1.29, 1.82) is 0 Å². The zero-order valence-corrected chi connectivity index (χ0v) is 19.5. The van der Waals surface area contributed by atoms with Gasteiger partial charge in [0, 0.05) is 26.2 Å². The van der Waals surface area contributed by atoms with E-state index in [4.69, 9.17) is 4.74 Å². The molecule has 1 aliphatic rings. The van der Waals surface area contributed by atoms with Crippen LogP contribution in [-0.4, -0.2) is 70.1 Å². The smallest absolute Gasteiger partial charge is 0.342 e. The molecule has 0 aliphatic carbocycles. The summed E-state index contributed by atoms with van der Waals surface area (Å²) in [6.45, 7) is 5.56. The molecule has 9 heteroatoms. The topological polar surface area (TPSA) is 84.7 Å². The summed E-state index contributed by atoms with van der Waals surface area (Å²) in [5, 5.41) is 6.34. The van der Waals surface area contributed by atoms with Crippen LogP contribution in [0.5, 0.6) is 0 Å². The van der Waals surface area contributed by atoms with Gasteiger partial charge in [0.05, 0.1) is 22.8 Å². The Hall–Kier alpha value is -3.46. The van der Waals surface area contributed by atoms with Crippen molar-refractivity contribution in [1.82, 2.24) is 19.6 Å². The van der Waals surface area contributed by atoms with Gasteiger partial charge in [-0.15, -0.1) is 11.3 Å². The lowest BCUT2D eigenvalue weighted by Crippen LogP contribution is -2.51. The standard InChI is InChI=1S/C24H26N4O4S/c1-17-22(18(2)28(25-17)15-19-7-4-3-5-8-19)24(31)32-16-21(29)26-10-12-27(13-11-26)23(30)20-9-6-14-33-20/h3-9,14H,10-13,15-16H2,1-2H3. The van der Waals surface area contributed by atoms with Crippen molar-refractivity contribution in [3.63, 3.8) is 0 Å². The summed E-state index contributed by atoms with van der Waals surface area (Å²) in [6.07, 6.45) is 0. The molecule has 1 fully saturated rings. The number of hydrogen-bond acceptors (Lipinski definition) is 6. The lowest BCUT2D eigenvalue weighted by molar-refractivity contribution is -0.136. The Labute approximate surface area is 196 Å². The molecule has 1 saturated heterocycles. The summed E-state index contributed by atoms with van der Waals surface area (Å²) in [6, 6.07) is 13.5. The number of aryl methyl sites for hydroxylation is 1. The van der Waals surface area contributed by atoms with Crippen molar-refractivity contribution in [2.75, 3.05) is 32.8 Å². The molecule has 0 saturated carbocycles. The molecule has 3 aromatic rings. The first-order valence-corrected chi connectivity index (χ1v) is 11.7. The summed E-state index contributed by atoms with van der Waals surface area (Å²) < 4.78 is 7.11. The van der Waals surface area contributed by atoms with E-state index < -0.39 is 5.97 Å². The van der Waals surface area contributed by atoms with Crippen LogP contribution in [0.1, 0.15) is 37.0 Å². The Balaban J connectivity index is 1.30. The maximum Gasteiger partial charge on any atom is 0.342 e. The number of esters is 1. The second-order valence-electron chi connectivity index (χ2n) is 7.92. The fourth-order valence-electron chi connectivity index (χ4n) is 3.91. The molecule has 3 heterocycles. The molecule has 0 spiro atoms. The van der Waals surface area contributed by atoms with Crippen molar-refractivity contribution < 1.29 is 19.1 Å². The molecule has 0 bridgehead atoms. The van der Waals surface area contributed by atoms with Crippen LogP contribution < -0.4 is 0 Å². The van der Waals surface area contributed by atoms with Crippen LogP contribution in [0.3, 0.4) is 0 Å². The summed E-state index contributed by atoms with van der Waals surface area (Å²) in [5.74, 6) is -0.829. The van der Waals surface area contributed by atoms with Gasteiger partial charge >= 0.3 is 5.97 Å². The van der Waals surface area contributed by atoms with Gasteiger partial charge in [-0.25, -0.2) is 4.79 Å². The number of rotatable bonds is 6. The lowest BCUT2D eigenvalue weighted by atomic mass is 10.2. The molecule has 4 rings (SSSR count). The number of carbonyl (C=O) groups is 3. The number of ether oxygens (including phenoxy) is 1. The Morgan fingerprint density at radius 3 is 2.33 bits per heavy atom. The highest BCUT2D eigenvalue weighted by molar-refractivity contribution is 7.12. The highest BCUT2D eigenvalue weighted by Crippen LogP contribution is 2.17. The van der Waals surface area contributed by atoms with E-state index in [-0.39, 0.29) is 18.4 Å². The van der Waals surface area contributed by atoms with Crippen LogP contribution in [0.2, 0.25) is 0 Å². The molecule has 8 nitrogen and oxygen atoms in total. The van der Waals surface area contributed by atoms with Gasteiger partial charge in [-0.05, 0) is 30.9 Å². The lowest BCUT2D eigenvalue weighted by Gasteiger charge is -2.34. The van der Waals surface area contributed by atoms with E-state index in [1.54, 1.807) is 27.5 Å². The van der Waals surface area contributed by atoms with Gasteiger partial charge in [-0.3, -0.25) is 14.3 Å². The number of amides is 2. The molecule has 172 valence electrons. The normalized spacial score (nSPS) is 13.8. The molecule has 0 radical (unpaired) electrons. The van der Waals surface area contributed by atoms with Gasteiger partial charge in [-0.2, -0.15) is 5.10 Å². The van der Waals surface area contributed by atoms with Crippen LogP contribution in [-0.2, 0) is 16.1 Å². The quantitative estimate of drug-likeness (QED) is 0.522. The Morgan fingerprint density at radius 1 is 0.970 bits per heavy atom. The molecular weight excluding hydrogens is 440 g/mol. The van der Waals surface area contributed by atoms with Crippen molar-refractivity contribution in [3.05, 3.63) is 75.2 Å². The van der Waals surface area contributed by atoms with Crippen molar-refractivity contribution >= 4 is 29.1 Å². The minimum absolute atomic E-state index is 0.0120. The average Bonchev–Trinajstić information content (AvgIpc) is 3.46. The van der Waals surface area contributed by atoms with Crippen LogP contribution in [0.25, 0.3) is 0 Å². The monoisotopic (exact) mass is 466 g/mol. The Morgan fingerprint density at radius 2 is 1.67 bits per heavy atom. The number of thiophene rings is 1. The zero-order valence-electron chi connectivity index (χ0n) is 18.7. The van der Waals surface area contributed by atoms with Gasteiger partial charge in [-0.1, -0.05) is 36.4 Å². The van der Waals surface area contributed by atoms with Crippen molar-refractivity contribution in [2.45, 2.75) is 20.4 Å². The largest absolute Gasteiger partial charge is 0.452 e. The summed E-state index contributed by atoms with van der Waals surface area (Å²) >= 11 is 1.41. The van der Waals surface area contributed by atoms with E-state index in [0.717, 1.165) is 5.56 Å². The molecule has 2 aromatic heterocycles. The number of aromatic nitrogens is 2. The molecule has 1 aliphatic heterocycles. The Kier molecular flexibility index (Phi) is 6.88. The van der Waals surface area contributed by atoms with Crippen LogP contribution in [0, 0.1) is 13.8 Å². The SMILES string of the molecule is Cc1nn(Cc2ccccc2)c(C)c1C(=O)OCC(=O)N1CCN(C(=O)c2cccs2)CC1. The zero-order chi connectivity index (χ0) is 23.4. The third kappa shape index (κ3) is 5.14. The Bertz CT molecular complexity index is 1130. The number of carbonyl (C=O) groups excluding carboxylic acids is 3. The molecule has 0 atom stereocenters. The van der Waals surface area contributed by atoms with Crippen LogP contribution in [0.15, 0.2) is 47.8 Å². The van der Waals surface area contributed by atoms with E-state index in [1.807, 2.05) is 48.7 Å². The number of piperazine rings is 1. The first kappa shape index (κ1) is 22.7. The second kappa shape index (κ2) is 9.99. The third-order valence-corrected chi connectivity index (χ3v) is 6.60. The van der Waals surface area contributed by atoms with Gasteiger partial charge in [0.25, 0.3) is 11.8 Å². The maximum atomic E-state index is 12.7. The van der Waals surface area contributed by atoms with Gasteiger partial charge in [0.2, 0.25) is 0 Å². The number of benzene rings is 1. The molecule has 0 N–H and O–H groups in total. The van der Waals surface area contributed by atoms with E-state index >= 15 is 0 Å². The highest BCUT2D eigenvalue weighted by Gasteiger charge is 2.27. The van der Waals surface area contributed by atoms with Crippen molar-refractivity contribution in [3.8, 4) is 0 Å². The minimum Gasteiger partial charge on any atom is -0.452 e. The number of nitrogens with zero attached hydrogens (tertiary/aromatic N) is 4. The first-order valence-electron chi connectivity index (χ1n) is 10.8. The van der Waals surface area contributed by atoms with Crippen LogP contribution in [0.4, 0.5) is 0 Å². The highest BCUT2D eigenvalue weighted by atomic mass is 32.1. The third-order valence-electron chi connectivity index (χ3n) is 5.74. The summed E-state index contributed by atoms with van der Waals surface area (Å²) in [4.78, 5) is 41.8. The summed E-state index contributed by atoms with van der Waals surface area (Å²) in [7, 11) is 0. The van der Waals surface area contributed by atoms with Gasteiger partial charge in [0.15, 0.2) is 6.61 Å². The average molecular weight is 467 g/mol. The van der Waals surface area contributed by atoms with Gasteiger partial charge in [0.1, 0.15) is 5.56 Å². The van der Waals surface area contributed by atoms with E-state index in [1.165, 1.54) is 11.3 Å².